The lowest BCUT2D eigenvalue weighted by Crippen LogP contribution is -2.28. The molecule has 3 aromatic rings. The van der Waals surface area contributed by atoms with Crippen LogP contribution >= 0.6 is 23.2 Å². The van der Waals surface area contributed by atoms with E-state index in [0.29, 0.717) is 17.3 Å². The number of rotatable bonds is 3. The van der Waals surface area contributed by atoms with Gasteiger partial charge in [0.05, 0.1) is 27.4 Å². The number of benzene rings is 1. The topological polar surface area (TPSA) is 62.7 Å². The van der Waals surface area contributed by atoms with Gasteiger partial charge in [-0.05, 0) is 37.6 Å². The summed E-state index contributed by atoms with van der Waals surface area (Å²) in [6.07, 6.45) is 5.36. The third-order valence-electron chi connectivity index (χ3n) is 4.55. The molecule has 3 heterocycles. The van der Waals surface area contributed by atoms with Crippen LogP contribution in [0.5, 0.6) is 0 Å². The molecule has 0 bridgehead atoms. The van der Waals surface area contributed by atoms with E-state index in [2.05, 4.69) is 25.6 Å². The largest absolute Gasteiger partial charge is 0.337 e. The van der Waals surface area contributed by atoms with Crippen LogP contribution in [0.25, 0.3) is 10.9 Å². The molecule has 0 saturated carbocycles. The molecule has 0 radical (unpaired) electrons. The first-order valence-corrected chi connectivity index (χ1v) is 9.11. The van der Waals surface area contributed by atoms with Crippen LogP contribution in [0.2, 0.25) is 10.0 Å². The second-order valence-electron chi connectivity index (χ2n) is 6.24. The van der Waals surface area contributed by atoms with Crippen molar-refractivity contribution in [2.24, 2.45) is 0 Å². The van der Waals surface area contributed by atoms with E-state index >= 15 is 0 Å². The summed E-state index contributed by atoms with van der Waals surface area (Å²) in [7, 11) is 0. The highest BCUT2D eigenvalue weighted by Crippen LogP contribution is 2.33. The van der Waals surface area contributed by atoms with Crippen LogP contribution < -0.4 is 10.6 Å². The van der Waals surface area contributed by atoms with Crippen molar-refractivity contribution < 1.29 is 4.39 Å². The predicted molar refractivity (Wildman–Crippen MR) is 102 cm³/mol. The van der Waals surface area contributed by atoms with Crippen molar-refractivity contribution in [3.05, 3.63) is 52.3 Å². The minimum Gasteiger partial charge on any atom is -0.337 e. The van der Waals surface area contributed by atoms with Gasteiger partial charge in [-0.2, -0.15) is 0 Å². The fraction of sp³-hybridized carbons (Fsp3) is 0.278. The minimum atomic E-state index is -0.614. The maximum Gasteiger partial charge on any atom is 0.166 e. The highest BCUT2D eigenvalue weighted by molar-refractivity contribution is 6.42. The third-order valence-corrected chi connectivity index (χ3v) is 5.33. The Morgan fingerprint density at radius 3 is 2.88 bits per heavy atom. The average molecular weight is 392 g/mol. The second kappa shape index (κ2) is 7.31. The first-order valence-electron chi connectivity index (χ1n) is 8.35. The smallest absolute Gasteiger partial charge is 0.166 e. The van der Waals surface area contributed by atoms with Crippen LogP contribution in [0, 0.1) is 5.82 Å². The summed E-state index contributed by atoms with van der Waals surface area (Å²) in [5.41, 5.74) is 1.88. The van der Waals surface area contributed by atoms with Crippen molar-refractivity contribution in [2.45, 2.75) is 18.8 Å². The number of hydrogen-bond acceptors (Lipinski definition) is 5. The van der Waals surface area contributed by atoms with Gasteiger partial charge in [0, 0.05) is 23.5 Å². The van der Waals surface area contributed by atoms with E-state index in [1.54, 1.807) is 12.3 Å². The number of nitrogens with zero attached hydrogens (tertiary/aromatic N) is 3. The van der Waals surface area contributed by atoms with Crippen LogP contribution in [0.15, 0.2) is 30.7 Å². The zero-order valence-corrected chi connectivity index (χ0v) is 15.3. The number of pyridine rings is 1. The Morgan fingerprint density at radius 1 is 1.19 bits per heavy atom. The summed E-state index contributed by atoms with van der Waals surface area (Å²) in [6, 6.07) is 5.05. The number of hydrogen-bond donors (Lipinski definition) is 2. The Kier molecular flexibility index (Phi) is 4.89. The summed E-state index contributed by atoms with van der Waals surface area (Å²) < 4.78 is 14.4. The van der Waals surface area contributed by atoms with Gasteiger partial charge in [-0.25, -0.2) is 14.4 Å². The molecule has 8 heteroatoms. The molecule has 2 N–H and O–H groups in total. The number of piperidine rings is 1. The van der Waals surface area contributed by atoms with Gasteiger partial charge in [0.15, 0.2) is 5.82 Å². The lowest BCUT2D eigenvalue weighted by Gasteiger charge is -2.22. The molecule has 5 nitrogen and oxygen atoms in total. The van der Waals surface area contributed by atoms with Crippen LogP contribution in [-0.2, 0) is 0 Å². The molecule has 26 heavy (non-hydrogen) atoms. The number of halogens is 3. The van der Waals surface area contributed by atoms with E-state index in [1.165, 1.54) is 12.4 Å². The van der Waals surface area contributed by atoms with Crippen molar-refractivity contribution >= 4 is 45.6 Å². The van der Waals surface area contributed by atoms with Gasteiger partial charge in [-0.15, -0.1) is 0 Å². The molecule has 4 rings (SSSR count). The summed E-state index contributed by atoms with van der Waals surface area (Å²) in [5, 5.41) is 7.22. The van der Waals surface area contributed by atoms with Gasteiger partial charge in [-0.3, -0.25) is 4.98 Å². The first-order chi connectivity index (χ1) is 12.6. The molecule has 0 aliphatic carbocycles. The molecule has 0 amide bonds. The molecule has 0 spiro atoms. The van der Waals surface area contributed by atoms with E-state index in [9.17, 15) is 4.39 Å². The summed E-state index contributed by atoms with van der Waals surface area (Å²) >= 11 is 11.7. The van der Waals surface area contributed by atoms with Crippen LogP contribution in [-0.4, -0.2) is 28.0 Å². The summed E-state index contributed by atoms with van der Waals surface area (Å²) in [5.74, 6) is 0.235. The lowest BCUT2D eigenvalue weighted by atomic mass is 9.95. The normalized spacial score (nSPS) is 17.4. The average Bonchev–Trinajstić information content (AvgIpc) is 2.69. The van der Waals surface area contributed by atoms with Gasteiger partial charge in [0.1, 0.15) is 12.1 Å². The van der Waals surface area contributed by atoms with E-state index in [0.717, 1.165) is 37.0 Å². The summed E-state index contributed by atoms with van der Waals surface area (Å²) in [4.78, 5) is 13.1. The molecular weight excluding hydrogens is 376 g/mol. The Labute approximate surface area is 160 Å². The van der Waals surface area contributed by atoms with E-state index in [-0.39, 0.29) is 15.7 Å². The Morgan fingerprint density at radius 2 is 2.08 bits per heavy atom. The SMILES string of the molecule is Fc1c(Nc2ncnc3cnc([C@H]4CCCNC4)cc23)ccc(Cl)c1Cl. The molecule has 0 unspecified atom stereocenters. The van der Waals surface area contributed by atoms with E-state index < -0.39 is 5.82 Å². The maximum absolute atomic E-state index is 14.4. The highest BCUT2D eigenvalue weighted by atomic mass is 35.5. The molecular formula is C18H16Cl2FN5. The monoisotopic (exact) mass is 391 g/mol. The maximum atomic E-state index is 14.4. The van der Waals surface area contributed by atoms with Crippen molar-refractivity contribution in [1.29, 1.82) is 0 Å². The minimum absolute atomic E-state index is 0.120. The molecule has 2 aromatic heterocycles. The van der Waals surface area contributed by atoms with Gasteiger partial charge in [-0.1, -0.05) is 23.2 Å². The molecule has 134 valence electrons. The molecule has 1 fully saturated rings. The van der Waals surface area contributed by atoms with Crippen molar-refractivity contribution in [2.75, 3.05) is 18.4 Å². The Hall–Kier alpha value is -2.02. The molecule has 1 aliphatic rings. The predicted octanol–water partition coefficient (Wildman–Crippen LogP) is 4.68. The van der Waals surface area contributed by atoms with Crippen molar-refractivity contribution in [3.8, 4) is 0 Å². The van der Waals surface area contributed by atoms with Gasteiger partial charge in [0.2, 0.25) is 0 Å². The third kappa shape index (κ3) is 3.32. The highest BCUT2D eigenvalue weighted by Gasteiger charge is 2.18. The number of fused-ring (bicyclic) bond motifs is 1. The van der Waals surface area contributed by atoms with E-state index in [1.807, 2.05) is 6.07 Å². The first kappa shape index (κ1) is 17.4. The van der Waals surface area contributed by atoms with Crippen molar-refractivity contribution in [1.82, 2.24) is 20.3 Å². The van der Waals surface area contributed by atoms with Crippen LogP contribution in [0.3, 0.4) is 0 Å². The Balaban J connectivity index is 1.74. The second-order valence-corrected chi connectivity index (χ2v) is 7.02. The summed E-state index contributed by atoms with van der Waals surface area (Å²) in [6.45, 7) is 1.94. The molecule has 1 atom stereocenters. The van der Waals surface area contributed by atoms with Crippen LogP contribution in [0.4, 0.5) is 15.9 Å². The fourth-order valence-corrected chi connectivity index (χ4v) is 3.46. The fourth-order valence-electron chi connectivity index (χ4n) is 3.15. The Bertz CT molecular complexity index is 960. The zero-order chi connectivity index (χ0) is 18.1. The van der Waals surface area contributed by atoms with Gasteiger partial charge in [0.25, 0.3) is 0 Å². The zero-order valence-electron chi connectivity index (χ0n) is 13.8. The van der Waals surface area contributed by atoms with Crippen molar-refractivity contribution in [3.63, 3.8) is 0 Å². The van der Waals surface area contributed by atoms with Crippen LogP contribution in [0.1, 0.15) is 24.5 Å². The van der Waals surface area contributed by atoms with Gasteiger partial charge >= 0.3 is 0 Å². The number of nitrogens with one attached hydrogen (secondary N) is 2. The van der Waals surface area contributed by atoms with Gasteiger partial charge < -0.3 is 10.6 Å². The quantitative estimate of drug-likeness (QED) is 0.634. The van der Waals surface area contributed by atoms with E-state index in [4.69, 9.17) is 23.2 Å². The molecule has 1 aliphatic heterocycles. The molecule has 1 saturated heterocycles. The number of anilines is 2. The lowest BCUT2D eigenvalue weighted by molar-refractivity contribution is 0.455. The standard InChI is InChI=1S/C18H16Cl2FN5/c19-12-3-4-13(17(21)16(12)20)26-18-11-6-14(10-2-1-5-22-7-10)23-8-15(11)24-9-25-18/h3-4,6,8-10,22H,1-2,5,7H2,(H,24,25,26)/t10-/m0/s1. The molecule has 1 aromatic carbocycles. The number of aromatic nitrogens is 3.